The monoisotopic (exact) mass is 564 g/mol. The number of amides is 2. The Balaban J connectivity index is 1.19. The van der Waals surface area contributed by atoms with Crippen LogP contribution in [0, 0.1) is 10.8 Å². The zero-order valence-electron chi connectivity index (χ0n) is 23.5. The van der Waals surface area contributed by atoms with Crippen molar-refractivity contribution in [2.45, 2.75) is 51.6 Å². The molecule has 0 spiro atoms. The maximum Gasteiger partial charge on any atom is 0.256 e. The summed E-state index contributed by atoms with van der Waals surface area (Å²) in [6, 6.07) is 15.3. The number of benzene rings is 2. The van der Waals surface area contributed by atoms with E-state index in [1.54, 1.807) is 61.7 Å². The van der Waals surface area contributed by atoms with Gasteiger partial charge in [0, 0.05) is 43.3 Å². The highest BCUT2D eigenvalue weighted by atomic mass is 16.5. The summed E-state index contributed by atoms with van der Waals surface area (Å²) in [5.74, 6) is 0.506. The molecule has 4 aromatic rings. The van der Waals surface area contributed by atoms with Crippen molar-refractivity contribution in [3.05, 3.63) is 78.0 Å². The van der Waals surface area contributed by atoms with Crippen molar-refractivity contribution in [1.82, 2.24) is 15.0 Å². The van der Waals surface area contributed by atoms with Gasteiger partial charge in [0.25, 0.3) is 5.91 Å². The van der Waals surface area contributed by atoms with E-state index in [9.17, 15) is 14.7 Å². The zero-order valence-corrected chi connectivity index (χ0v) is 23.5. The minimum absolute atomic E-state index is 0.0526. The van der Waals surface area contributed by atoms with Crippen molar-refractivity contribution in [3.63, 3.8) is 0 Å². The summed E-state index contributed by atoms with van der Waals surface area (Å²) in [5, 5.41) is 24.5. The van der Waals surface area contributed by atoms with Crippen LogP contribution < -0.4 is 10.6 Å². The van der Waals surface area contributed by atoms with Gasteiger partial charge in [0.1, 0.15) is 23.0 Å². The van der Waals surface area contributed by atoms with Crippen molar-refractivity contribution < 1.29 is 19.4 Å². The molecule has 6 rings (SSSR count). The van der Waals surface area contributed by atoms with Gasteiger partial charge < -0.3 is 25.5 Å². The molecule has 0 saturated heterocycles. The fourth-order valence-corrected chi connectivity index (χ4v) is 6.25. The molecule has 2 aliphatic rings. The van der Waals surface area contributed by atoms with Crippen LogP contribution >= 0.6 is 0 Å². The molecule has 5 N–H and O–H groups in total. The van der Waals surface area contributed by atoms with Gasteiger partial charge in [-0.3, -0.25) is 15.0 Å². The lowest BCUT2D eigenvalue weighted by molar-refractivity contribution is -0.127. The Labute approximate surface area is 242 Å². The number of nitrogens with zero attached hydrogens (tertiary/aromatic N) is 2. The minimum Gasteiger partial charge on any atom is -0.507 e. The summed E-state index contributed by atoms with van der Waals surface area (Å²) in [4.78, 5) is 38.1. The van der Waals surface area contributed by atoms with Gasteiger partial charge in [0.2, 0.25) is 5.91 Å². The van der Waals surface area contributed by atoms with Crippen molar-refractivity contribution in [3.8, 4) is 17.1 Å². The number of hydrogen-bond acceptors (Lipinski definition) is 7. The molecular weight excluding hydrogens is 532 g/mol. The minimum atomic E-state index is -0.808. The van der Waals surface area contributed by atoms with Crippen LogP contribution in [0.25, 0.3) is 22.4 Å². The van der Waals surface area contributed by atoms with E-state index < -0.39 is 11.0 Å². The number of phenols is 1. The summed E-state index contributed by atoms with van der Waals surface area (Å²) in [5.41, 5.74) is 2.46. The number of pyridine rings is 1. The zero-order chi connectivity index (χ0) is 29.5. The Morgan fingerprint density at radius 3 is 2.74 bits per heavy atom. The van der Waals surface area contributed by atoms with Crippen LogP contribution in [0.2, 0.25) is 0 Å². The molecule has 10 nitrogen and oxygen atoms in total. The van der Waals surface area contributed by atoms with E-state index in [4.69, 9.17) is 10.1 Å². The number of aromatic nitrogens is 3. The standard InChI is InChI=1S/C32H32N6O4/c1-19(33)42-32-12-5-6-20(17-32)16-31(2,18-32)30(41)35-22-9-10-23(26(39)15-22)28-36-24-11-8-21(14-25(24)37-28)29(40)38-27-7-3-4-13-34-27/h3-4,7-11,13-16,33,39H,5-6,12,17-18H2,1-2H3,(H,35,41)(H,36,37)(H,34,38,40). The second-order valence-corrected chi connectivity index (χ2v) is 11.4. The summed E-state index contributed by atoms with van der Waals surface area (Å²) in [6.07, 6.45) is 7.60. The molecule has 10 heteroatoms. The van der Waals surface area contributed by atoms with Crippen LogP contribution in [-0.4, -0.2) is 43.4 Å². The number of rotatable bonds is 6. The number of phenolic OH excluding ortho intramolecular Hbond substituents is 1. The Bertz CT molecular complexity index is 1750. The van der Waals surface area contributed by atoms with Crippen LogP contribution in [0.4, 0.5) is 11.5 Å². The molecule has 2 atom stereocenters. The van der Waals surface area contributed by atoms with Gasteiger partial charge in [-0.2, -0.15) is 0 Å². The van der Waals surface area contributed by atoms with E-state index >= 15 is 0 Å². The highest BCUT2D eigenvalue weighted by molar-refractivity contribution is 6.05. The number of imidazole rings is 1. The molecule has 42 heavy (non-hydrogen) atoms. The number of H-pyrrole nitrogens is 1. The third kappa shape index (κ3) is 5.35. The molecule has 2 aliphatic carbocycles. The van der Waals surface area contributed by atoms with Crippen molar-refractivity contribution >= 4 is 40.3 Å². The van der Waals surface area contributed by atoms with Crippen LogP contribution in [0.5, 0.6) is 5.75 Å². The number of aromatic hydroxyl groups is 1. The van der Waals surface area contributed by atoms with Crippen molar-refractivity contribution in [2.75, 3.05) is 10.6 Å². The van der Waals surface area contributed by atoms with Gasteiger partial charge in [0.15, 0.2) is 5.90 Å². The molecule has 2 heterocycles. The lowest BCUT2D eigenvalue weighted by Gasteiger charge is -2.47. The number of aromatic amines is 1. The molecule has 2 amide bonds. The SMILES string of the molecule is CC(=N)OC12CCCC(=CC(C)(C(=O)Nc3ccc(-c4nc5ccc(C(=O)Nc6ccccn6)cc5[nH]4)c(O)c3)C1)C2. The molecule has 2 aromatic heterocycles. The van der Waals surface area contributed by atoms with Gasteiger partial charge in [-0.15, -0.1) is 0 Å². The first-order chi connectivity index (χ1) is 20.1. The molecule has 214 valence electrons. The molecule has 0 radical (unpaired) electrons. The molecule has 2 aromatic carbocycles. The van der Waals surface area contributed by atoms with E-state index in [-0.39, 0.29) is 23.5 Å². The second kappa shape index (κ2) is 10.4. The molecule has 2 unspecified atom stereocenters. The average Bonchev–Trinajstić information content (AvgIpc) is 3.36. The summed E-state index contributed by atoms with van der Waals surface area (Å²) >= 11 is 0. The third-order valence-corrected chi connectivity index (χ3v) is 7.94. The van der Waals surface area contributed by atoms with E-state index in [0.29, 0.717) is 45.9 Å². The lowest BCUT2D eigenvalue weighted by Crippen LogP contribution is -2.48. The Morgan fingerprint density at radius 2 is 1.98 bits per heavy atom. The topological polar surface area (TPSA) is 153 Å². The number of carbonyl (C=O) groups is 2. The number of anilines is 2. The van der Waals surface area contributed by atoms with Gasteiger partial charge in [0.05, 0.1) is 22.0 Å². The normalized spacial score (nSPS) is 21.3. The lowest BCUT2D eigenvalue weighted by atomic mass is 9.64. The first kappa shape index (κ1) is 27.2. The van der Waals surface area contributed by atoms with Crippen molar-refractivity contribution in [2.24, 2.45) is 5.41 Å². The van der Waals surface area contributed by atoms with Crippen LogP contribution in [0.1, 0.15) is 56.3 Å². The Morgan fingerprint density at radius 1 is 1.12 bits per heavy atom. The van der Waals surface area contributed by atoms with Crippen LogP contribution in [-0.2, 0) is 9.53 Å². The van der Waals surface area contributed by atoms with Gasteiger partial charge >= 0.3 is 0 Å². The molecule has 1 fully saturated rings. The van der Waals surface area contributed by atoms with E-state index in [1.165, 1.54) is 11.6 Å². The number of hydrogen-bond donors (Lipinski definition) is 5. The molecule has 1 saturated carbocycles. The van der Waals surface area contributed by atoms with E-state index in [0.717, 1.165) is 25.7 Å². The maximum absolute atomic E-state index is 13.5. The molecular formula is C32H32N6O4. The van der Waals surface area contributed by atoms with E-state index in [1.807, 2.05) is 6.92 Å². The van der Waals surface area contributed by atoms with Crippen molar-refractivity contribution in [1.29, 1.82) is 5.41 Å². The maximum atomic E-state index is 13.5. The first-order valence-corrected chi connectivity index (χ1v) is 13.9. The summed E-state index contributed by atoms with van der Waals surface area (Å²) in [6.45, 7) is 3.53. The van der Waals surface area contributed by atoms with Crippen LogP contribution in [0.3, 0.4) is 0 Å². The Hall–Kier alpha value is -4.99. The Kier molecular flexibility index (Phi) is 6.76. The van der Waals surface area contributed by atoms with E-state index in [2.05, 4.69) is 31.7 Å². The fraction of sp³-hybridized carbons (Fsp3) is 0.281. The van der Waals surface area contributed by atoms with Crippen LogP contribution in [0.15, 0.2) is 72.4 Å². The number of fused-ring (bicyclic) bond motifs is 3. The second-order valence-electron chi connectivity index (χ2n) is 11.4. The predicted octanol–water partition coefficient (Wildman–Crippen LogP) is 6.18. The number of ether oxygens (including phenoxy) is 1. The molecule has 2 bridgehead atoms. The fourth-order valence-electron chi connectivity index (χ4n) is 6.25. The predicted molar refractivity (Wildman–Crippen MR) is 161 cm³/mol. The quantitative estimate of drug-likeness (QED) is 0.107. The first-order valence-electron chi connectivity index (χ1n) is 13.9. The highest BCUT2D eigenvalue weighted by Gasteiger charge is 2.49. The average molecular weight is 565 g/mol. The highest BCUT2D eigenvalue weighted by Crippen LogP contribution is 2.49. The third-order valence-electron chi connectivity index (χ3n) is 7.94. The number of carbonyl (C=O) groups excluding carboxylic acids is 2. The summed E-state index contributed by atoms with van der Waals surface area (Å²) < 4.78 is 5.99. The molecule has 0 aliphatic heterocycles. The largest absolute Gasteiger partial charge is 0.507 e. The number of nitrogens with one attached hydrogen (secondary N) is 4. The van der Waals surface area contributed by atoms with Gasteiger partial charge in [-0.1, -0.05) is 17.7 Å². The van der Waals surface area contributed by atoms with Gasteiger partial charge in [-0.25, -0.2) is 9.97 Å². The smallest absolute Gasteiger partial charge is 0.256 e. The summed E-state index contributed by atoms with van der Waals surface area (Å²) in [7, 11) is 0. The van der Waals surface area contributed by atoms with Gasteiger partial charge in [-0.05, 0) is 68.7 Å².